The lowest BCUT2D eigenvalue weighted by atomic mass is 9.62. The van der Waals surface area contributed by atoms with Crippen LogP contribution in [0.2, 0.25) is 0 Å². The first-order chi connectivity index (χ1) is 10.0. The van der Waals surface area contributed by atoms with Crippen molar-refractivity contribution in [2.75, 3.05) is 0 Å². The highest BCUT2D eigenvalue weighted by molar-refractivity contribution is 5.28. The van der Waals surface area contributed by atoms with Gasteiger partial charge in [0.15, 0.2) is 0 Å². The maximum Gasteiger partial charge on any atom is 0.0165 e. The van der Waals surface area contributed by atoms with E-state index in [0.717, 1.165) is 24.7 Å². The first kappa shape index (κ1) is 16.5. The topological polar surface area (TPSA) is 26.0 Å². The average Bonchev–Trinajstić information content (AvgIpc) is 2.52. The molecule has 0 spiro atoms. The van der Waals surface area contributed by atoms with Crippen LogP contribution in [0.15, 0.2) is 30.3 Å². The molecule has 4 atom stereocenters. The van der Waals surface area contributed by atoms with Crippen LogP contribution >= 0.6 is 0 Å². The minimum atomic E-state index is 0.145. The first-order valence-corrected chi connectivity index (χ1v) is 8.86. The van der Waals surface area contributed by atoms with Gasteiger partial charge in [0.05, 0.1) is 0 Å². The maximum atomic E-state index is 6.89. The van der Waals surface area contributed by atoms with Gasteiger partial charge in [0, 0.05) is 11.5 Å². The monoisotopic (exact) mass is 287 g/mol. The molecular weight excluding hydrogens is 254 g/mol. The minimum Gasteiger partial charge on any atom is -0.327 e. The summed E-state index contributed by atoms with van der Waals surface area (Å²) in [5.74, 6) is 2.36. The van der Waals surface area contributed by atoms with Crippen LogP contribution < -0.4 is 5.73 Å². The third-order valence-corrected chi connectivity index (χ3v) is 6.40. The van der Waals surface area contributed by atoms with E-state index in [1.54, 1.807) is 0 Å². The van der Waals surface area contributed by atoms with E-state index < -0.39 is 0 Å². The molecule has 21 heavy (non-hydrogen) atoms. The Labute approximate surface area is 131 Å². The van der Waals surface area contributed by atoms with Crippen molar-refractivity contribution in [1.29, 1.82) is 0 Å². The van der Waals surface area contributed by atoms with Gasteiger partial charge in [-0.05, 0) is 49.0 Å². The lowest BCUT2D eigenvalue weighted by Crippen LogP contribution is -2.51. The van der Waals surface area contributed by atoms with Gasteiger partial charge in [0.2, 0.25) is 0 Å². The second kappa shape index (κ2) is 6.96. The molecule has 2 rings (SSSR count). The summed E-state index contributed by atoms with van der Waals surface area (Å²) in [5, 5.41) is 0. The van der Waals surface area contributed by atoms with Crippen molar-refractivity contribution in [1.82, 2.24) is 0 Å². The van der Waals surface area contributed by atoms with Gasteiger partial charge in [-0.25, -0.2) is 0 Å². The lowest BCUT2D eigenvalue weighted by Gasteiger charge is -2.45. The molecule has 118 valence electrons. The van der Waals surface area contributed by atoms with Crippen LogP contribution in [0.4, 0.5) is 0 Å². The smallest absolute Gasteiger partial charge is 0.0165 e. The molecule has 0 amide bonds. The van der Waals surface area contributed by atoms with Crippen molar-refractivity contribution in [3.05, 3.63) is 35.9 Å². The van der Waals surface area contributed by atoms with E-state index in [1.165, 1.54) is 24.8 Å². The van der Waals surface area contributed by atoms with E-state index in [1.807, 2.05) is 0 Å². The molecule has 1 aliphatic carbocycles. The molecule has 1 aromatic carbocycles. The summed E-state index contributed by atoms with van der Waals surface area (Å²) < 4.78 is 0. The molecule has 0 aliphatic heterocycles. The Morgan fingerprint density at radius 1 is 1.05 bits per heavy atom. The van der Waals surface area contributed by atoms with Gasteiger partial charge >= 0.3 is 0 Å². The molecule has 1 nitrogen and oxygen atoms in total. The molecular formula is C20H33N. The minimum absolute atomic E-state index is 0.145. The number of nitrogens with two attached hydrogens (primary N) is 1. The highest BCUT2D eigenvalue weighted by Crippen LogP contribution is 2.43. The fourth-order valence-electron chi connectivity index (χ4n) is 4.46. The zero-order chi connectivity index (χ0) is 15.5. The van der Waals surface area contributed by atoms with Gasteiger partial charge in [-0.3, -0.25) is 0 Å². The van der Waals surface area contributed by atoms with Gasteiger partial charge in [-0.1, -0.05) is 64.4 Å². The Bertz CT molecular complexity index is 421. The number of hydrogen-bond acceptors (Lipinski definition) is 1. The molecule has 1 fully saturated rings. The van der Waals surface area contributed by atoms with E-state index in [-0.39, 0.29) is 11.5 Å². The van der Waals surface area contributed by atoms with Crippen LogP contribution in [0.1, 0.15) is 65.4 Å². The van der Waals surface area contributed by atoms with Crippen LogP contribution in [-0.2, 0) is 5.41 Å². The predicted octanol–water partition coefficient (Wildman–Crippen LogP) is 5.14. The first-order valence-electron chi connectivity index (χ1n) is 8.86. The zero-order valence-electron chi connectivity index (χ0n) is 14.3. The van der Waals surface area contributed by atoms with E-state index >= 15 is 0 Å². The summed E-state index contributed by atoms with van der Waals surface area (Å²) >= 11 is 0. The molecule has 1 saturated carbocycles. The molecule has 4 unspecified atom stereocenters. The summed E-state index contributed by atoms with van der Waals surface area (Å²) in [5.41, 5.74) is 8.47. The van der Waals surface area contributed by atoms with Gasteiger partial charge < -0.3 is 5.73 Å². The van der Waals surface area contributed by atoms with Crippen molar-refractivity contribution in [3.63, 3.8) is 0 Å². The Hall–Kier alpha value is -0.820. The third kappa shape index (κ3) is 3.18. The van der Waals surface area contributed by atoms with Gasteiger partial charge in [-0.15, -0.1) is 0 Å². The lowest BCUT2D eigenvalue weighted by molar-refractivity contribution is 0.139. The van der Waals surface area contributed by atoms with Crippen molar-refractivity contribution >= 4 is 0 Å². The largest absolute Gasteiger partial charge is 0.327 e. The molecule has 0 aromatic heterocycles. The summed E-state index contributed by atoms with van der Waals surface area (Å²) in [4.78, 5) is 0. The standard InChI is InChI=1S/C20H33N/c1-5-20(6-2,18-10-8-7-9-11-18)19(21)17-13-12-15(3)16(4)14-17/h7-11,15-17,19H,5-6,12-14,21H2,1-4H3. The Balaban J connectivity index is 2.26. The number of benzene rings is 1. The molecule has 2 N–H and O–H groups in total. The fraction of sp³-hybridized carbons (Fsp3) is 0.700. The van der Waals surface area contributed by atoms with Crippen LogP contribution in [-0.4, -0.2) is 6.04 Å². The molecule has 0 heterocycles. The Morgan fingerprint density at radius 2 is 1.67 bits per heavy atom. The van der Waals surface area contributed by atoms with E-state index in [4.69, 9.17) is 5.73 Å². The summed E-state index contributed by atoms with van der Waals surface area (Å²) in [6.07, 6.45) is 6.22. The number of hydrogen-bond donors (Lipinski definition) is 1. The van der Waals surface area contributed by atoms with Gasteiger partial charge in [-0.2, -0.15) is 0 Å². The average molecular weight is 287 g/mol. The summed E-state index contributed by atoms with van der Waals surface area (Å²) in [6.45, 7) is 9.43. The zero-order valence-corrected chi connectivity index (χ0v) is 14.3. The summed E-state index contributed by atoms with van der Waals surface area (Å²) in [6, 6.07) is 11.3. The molecule has 0 bridgehead atoms. The molecule has 1 heteroatoms. The molecule has 1 aliphatic rings. The predicted molar refractivity (Wildman–Crippen MR) is 92.3 cm³/mol. The quantitative estimate of drug-likeness (QED) is 0.797. The van der Waals surface area contributed by atoms with Crippen molar-refractivity contribution < 1.29 is 0 Å². The van der Waals surface area contributed by atoms with E-state index in [0.29, 0.717) is 5.92 Å². The fourth-order valence-corrected chi connectivity index (χ4v) is 4.46. The normalized spacial score (nSPS) is 28.3. The highest BCUT2D eigenvalue weighted by Gasteiger charge is 2.41. The Morgan fingerprint density at radius 3 is 2.19 bits per heavy atom. The van der Waals surface area contributed by atoms with Crippen molar-refractivity contribution in [3.8, 4) is 0 Å². The number of rotatable bonds is 5. The Kier molecular flexibility index (Phi) is 5.48. The van der Waals surface area contributed by atoms with Crippen molar-refractivity contribution in [2.45, 2.75) is 71.3 Å². The van der Waals surface area contributed by atoms with Crippen molar-refractivity contribution in [2.24, 2.45) is 23.5 Å². The van der Waals surface area contributed by atoms with Gasteiger partial charge in [0.1, 0.15) is 0 Å². The second-order valence-corrected chi connectivity index (χ2v) is 7.28. The summed E-state index contributed by atoms with van der Waals surface area (Å²) in [7, 11) is 0. The maximum absolute atomic E-state index is 6.89. The van der Waals surface area contributed by atoms with Crippen LogP contribution in [0.3, 0.4) is 0 Å². The van der Waals surface area contributed by atoms with E-state index in [2.05, 4.69) is 58.0 Å². The SMILES string of the molecule is CCC(CC)(c1ccccc1)C(N)C1CCC(C)C(C)C1. The molecule has 1 aromatic rings. The van der Waals surface area contributed by atoms with Crippen LogP contribution in [0.25, 0.3) is 0 Å². The van der Waals surface area contributed by atoms with Gasteiger partial charge in [0.25, 0.3) is 0 Å². The molecule has 0 radical (unpaired) electrons. The molecule has 0 saturated heterocycles. The third-order valence-electron chi connectivity index (χ3n) is 6.40. The highest BCUT2D eigenvalue weighted by atomic mass is 14.7. The van der Waals surface area contributed by atoms with Crippen LogP contribution in [0, 0.1) is 17.8 Å². The van der Waals surface area contributed by atoms with E-state index in [9.17, 15) is 0 Å². The second-order valence-electron chi connectivity index (χ2n) is 7.28. The van der Waals surface area contributed by atoms with Crippen LogP contribution in [0.5, 0.6) is 0 Å².